The standard InChI is InChI=1S/C13H23N3O3/c1-14-12(17)11-5-3-4-6-16(11)13(18)10-7-9(19-2)8-15-10/h9-11,15H,3-8H2,1-2H3,(H,14,17). The normalized spacial score (nSPS) is 31.3. The molecule has 0 radical (unpaired) electrons. The highest BCUT2D eigenvalue weighted by molar-refractivity contribution is 5.90. The van der Waals surface area contributed by atoms with Crippen LogP contribution in [0.5, 0.6) is 0 Å². The Hall–Kier alpha value is -1.14. The van der Waals surface area contributed by atoms with E-state index >= 15 is 0 Å². The molecule has 0 aromatic heterocycles. The van der Waals surface area contributed by atoms with Crippen LogP contribution in [-0.4, -0.2) is 62.1 Å². The van der Waals surface area contributed by atoms with Gasteiger partial charge in [0.25, 0.3) is 0 Å². The number of likely N-dealkylation sites (tertiary alicyclic amines) is 1. The van der Waals surface area contributed by atoms with E-state index in [2.05, 4.69) is 10.6 Å². The lowest BCUT2D eigenvalue weighted by molar-refractivity contribution is -0.143. The zero-order valence-corrected chi connectivity index (χ0v) is 11.6. The molecule has 2 saturated heterocycles. The molecule has 0 bridgehead atoms. The van der Waals surface area contributed by atoms with Crippen LogP contribution in [0, 0.1) is 0 Å². The molecule has 19 heavy (non-hydrogen) atoms. The lowest BCUT2D eigenvalue weighted by Gasteiger charge is -2.36. The molecular weight excluding hydrogens is 246 g/mol. The van der Waals surface area contributed by atoms with Gasteiger partial charge in [0.2, 0.25) is 11.8 Å². The van der Waals surface area contributed by atoms with Crippen molar-refractivity contribution >= 4 is 11.8 Å². The van der Waals surface area contributed by atoms with Gasteiger partial charge >= 0.3 is 0 Å². The monoisotopic (exact) mass is 269 g/mol. The molecule has 0 aliphatic carbocycles. The number of likely N-dealkylation sites (N-methyl/N-ethyl adjacent to an activating group) is 1. The Balaban J connectivity index is 2.01. The van der Waals surface area contributed by atoms with Crippen LogP contribution < -0.4 is 10.6 Å². The summed E-state index contributed by atoms with van der Waals surface area (Å²) in [6.07, 6.45) is 3.51. The molecule has 108 valence electrons. The van der Waals surface area contributed by atoms with Crippen LogP contribution in [0.1, 0.15) is 25.7 Å². The molecule has 2 fully saturated rings. The molecule has 2 heterocycles. The summed E-state index contributed by atoms with van der Waals surface area (Å²) in [7, 11) is 3.28. The summed E-state index contributed by atoms with van der Waals surface area (Å²) in [6.45, 7) is 1.37. The first-order valence-electron chi connectivity index (χ1n) is 6.95. The fourth-order valence-electron chi connectivity index (χ4n) is 2.91. The Morgan fingerprint density at radius 3 is 2.79 bits per heavy atom. The third-order valence-corrected chi connectivity index (χ3v) is 4.06. The number of hydrogen-bond acceptors (Lipinski definition) is 4. The summed E-state index contributed by atoms with van der Waals surface area (Å²) in [5.41, 5.74) is 0. The van der Waals surface area contributed by atoms with Gasteiger partial charge in [0, 0.05) is 27.2 Å². The lowest BCUT2D eigenvalue weighted by atomic mass is 10.00. The van der Waals surface area contributed by atoms with Gasteiger partial charge in [-0.3, -0.25) is 9.59 Å². The predicted octanol–water partition coefficient (Wildman–Crippen LogP) is -0.510. The SMILES string of the molecule is CNC(=O)C1CCCCN1C(=O)C1CC(OC)CN1. The van der Waals surface area contributed by atoms with Gasteiger partial charge in [-0.25, -0.2) is 0 Å². The zero-order valence-electron chi connectivity index (χ0n) is 11.6. The molecule has 0 aromatic carbocycles. The van der Waals surface area contributed by atoms with Crippen molar-refractivity contribution in [3.63, 3.8) is 0 Å². The molecule has 2 aliphatic rings. The van der Waals surface area contributed by atoms with Crippen LogP contribution in [0.25, 0.3) is 0 Å². The molecule has 3 atom stereocenters. The van der Waals surface area contributed by atoms with E-state index in [9.17, 15) is 9.59 Å². The summed E-state index contributed by atoms with van der Waals surface area (Å²) < 4.78 is 5.26. The van der Waals surface area contributed by atoms with Crippen molar-refractivity contribution in [1.82, 2.24) is 15.5 Å². The summed E-state index contributed by atoms with van der Waals surface area (Å²) >= 11 is 0. The van der Waals surface area contributed by atoms with Gasteiger partial charge in [-0.15, -0.1) is 0 Å². The highest BCUT2D eigenvalue weighted by atomic mass is 16.5. The molecule has 2 rings (SSSR count). The van der Waals surface area contributed by atoms with Crippen molar-refractivity contribution in [2.75, 3.05) is 27.2 Å². The molecule has 6 nitrogen and oxygen atoms in total. The minimum atomic E-state index is -0.311. The van der Waals surface area contributed by atoms with Crippen molar-refractivity contribution in [2.45, 2.75) is 43.9 Å². The lowest BCUT2D eigenvalue weighted by Crippen LogP contribution is -2.55. The smallest absolute Gasteiger partial charge is 0.242 e. The summed E-state index contributed by atoms with van der Waals surface area (Å²) in [4.78, 5) is 26.1. The number of nitrogens with one attached hydrogen (secondary N) is 2. The Bertz CT molecular complexity index is 348. The molecule has 0 spiro atoms. The fraction of sp³-hybridized carbons (Fsp3) is 0.846. The average molecular weight is 269 g/mol. The van der Waals surface area contributed by atoms with E-state index in [4.69, 9.17) is 4.74 Å². The number of nitrogens with zero attached hydrogens (tertiary/aromatic N) is 1. The number of ether oxygens (including phenoxy) is 1. The van der Waals surface area contributed by atoms with E-state index in [1.807, 2.05) is 0 Å². The fourth-order valence-corrected chi connectivity index (χ4v) is 2.91. The molecule has 0 saturated carbocycles. The van der Waals surface area contributed by atoms with Gasteiger partial charge < -0.3 is 20.3 Å². The summed E-state index contributed by atoms with van der Waals surface area (Å²) in [5, 5.41) is 5.84. The molecule has 6 heteroatoms. The Kier molecular flexibility index (Phi) is 4.76. The van der Waals surface area contributed by atoms with E-state index in [1.54, 1.807) is 19.1 Å². The Morgan fingerprint density at radius 2 is 2.16 bits per heavy atom. The predicted molar refractivity (Wildman–Crippen MR) is 70.6 cm³/mol. The van der Waals surface area contributed by atoms with Crippen LogP contribution >= 0.6 is 0 Å². The van der Waals surface area contributed by atoms with Gasteiger partial charge in [-0.1, -0.05) is 0 Å². The Labute approximate surface area is 113 Å². The topological polar surface area (TPSA) is 70.7 Å². The number of carbonyl (C=O) groups is 2. The molecular formula is C13H23N3O3. The van der Waals surface area contributed by atoms with Crippen molar-refractivity contribution in [3.8, 4) is 0 Å². The number of methoxy groups -OCH3 is 1. The van der Waals surface area contributed by atoms with Crippen LogP contribution in [0.2, 0.25) is 0 Å². The first-order chi connectivity index (χ1) is 9.17. The van der Waals surface area contributed by atoms with E-state index < -0.39 is 0 Å². The quantitative estimate of drug-likeness (QED) is 0.724. The highest BCUT2D eigenvalue weighted by Gasteiger charge is 2.38. The first kappa shape index (κ1) is 14.3. The number of hydrogen-bond donors (Lipinski definition) is 2. The van der Waals surface area contributed by atoms with E-state index in [0.29, 0.717) is 19.5 Å². The molecule has 2 amide bonds. The van der Waals surface area contributed by atoms with E-state index in [0.717, 1.165) is 19.3 Å². The van der Waals surface area contributed by atoms with Gasteiger partial charge in [0.15, 0.2) is 0 Å². The number of piperidine rings is 1. The van der Waals surface area contributed by atoms with Crippen molar-refractivity contribution in [3.05, 3.63) is 0 Å². The number of amides is 2. The van der Waals surface area contributed by atoms with Crippen molar-refractivity contribution in [2.24, 2.45) is 0 Å². The van der Waals surface area contributed by atoms with Gasteiger partial charge in [0.1, 0.15) is 6.04 Å². The first-order valence-corrected chi connectivity index (χ1v) is 6.95. The molecule has 2 N–H and O–H groups in total. The van der Waals surface area contributed by atoms with Gasteiger partial charge in [0.05, 0.1) is 12.1 Å². The van der Waals surface area contributed by atoms with Crippen molar-refractivity contribution < 1.29 is 14.3 Å². The van der Waals surface area contributed by atoms with Crippen molar-refractivity contribution in [1.29, 1.82) is 0 Å². The second-order valence-corrected chi connectivity index (χ2v) is 5.21. The third kappa shape index (κ3) is 3.06. The van der Waals surface area contributed by atoms with Crippen LogP contribution in [-0.2, 0) is 14.3 Å². The van der Waals surface area contributed by atoms with E-state index in [-0.39, 0.29) is 30.0 Å². The minimum Gasteiger partial charge on any atom is -0.380 e. The molecule has 3 unspecified atom stereocenters. The average Bonchev–Trinajstić information content (AvgIpc) is 2.94. The second kappa shape index (κ2) is 6.34. The maximum absolute atomic E-state index is 12.5. The molecule has 0 aromatic rings. The van der Waals surface area contributed by atoms with Crippen LogP contribution in [0.15, 0.2) is 0 Å². The largest absolute Gasteiger partial charge is 0.380 e. The maximum Gasteiger partial charge on any atom is 0.242 e. The number of carbonyl (C=O) groups excluding carboxylic acids is 2. The van der Waals surface area contributed by atoms with Crippen LogP contribution in [0.4, 0.5) is 0 Å². The van der Waals surface area contributed by atoms with E-state index in [1.165, 1.54) is 0 Å². The minimum absolute atomic E-state index is 0.0350. The maximum atomic E-state index is 12.5. The zero-order chi connectivity index (χ0) is 13.8. The second-order valence-electron chi connectivity index (χ2n) is 5.21. The van der Waals surface area contributed by atoms with Gasteiger partial charge in [-0.2, -0.15) is 0 Å². The van der Waals surface area contributed by atoms with Gasteiger partial charge in [-0.05, 0) is 25.7 Å². The molecule has 2 aliphatic heterocycles. The highest BCUT2D eigenvalue weighted by Crippen LogP contribution is 2.21. The summed E-state index contributed by atoms with van der Waals surface area (Å²) in [6, 6.07) is -0.523. The van der Waals surface area contributed by atoms with Crippen LogP contribution in [0.3, 0.4) is 0 Å². The summed E-state index contributed by atoms with van der Waals surface area (Å²) in [5.74, 6) is -0.0258. The number of rotatable bonds is 3. The Morgan fingerprint density at radius 1 is 1.37 bits per heavy atom. The third-order valence-electron chi connectivity index (χ3n) is 4.06.